The number of ether oxygens (including phenoxy) is 1. The van der Waals surface area contributed by atoms with Gasteiger partial charge in [-0.2, -0.15) is 5.10 Å². The van der Waals surface area contributed by atoms with E-state index in [0.29, 0.717) is 5.92 Å². The molecule has 0 amide bonds. The summed E-state index contributed by atoms with van der Waals surface area (Å²) in [7, 11) is 3.63. The monoisotopic (exact) mass is 313 g/mol. The molecule has 0 spiro atoms. The molecule has 2 aromatic heterocycles. The van der Waals surface area contributed by atoms with Gasteiger partial charge in [0.1, 0.15) is 5.82 Å². The lowest BCUT2D eigenvalue weighted by Crippen LogP contribution is -2.31. The second kappa shape index (κ2) is 5.60. The molecule has 23 heavy (non-hydrogen) atoms. The first kappa shape index (κ1) is 14.6. The van der Waals surface area contributed by atoms with Crippen LogP contribution in [-0.4, -0.2) is 38.3 Å². The van der Waals surface area contributed by atoms with E-state index in [1.807, 2.05) is 24.9 Å². The Morgan fingerprint density at radius 2 is 2.17 bits per heavy atom. The van der Waals surface area contributed by atoms with Gasteiger partial charge >= 0.3 is 0 Å². The Morgan fingerprint density at radius 3 is 2.91 bits per heavy atom. The molecule has 6 heteroatoms. The Hall–Kier alpha value is -1.95. The van der Waals surface area contributed by atoms with Crippen molar-refractivity contribution in [3.8, 4) is 5.88 Å². The fourth-order valence-electron chi connectivity index (χ4n) is 3.41. The summed E-state index contributed by atoms with van der Waals surface area (Å²) in [6.45, 7) is 4.82. The minimum Gasteiger partial charge on any atom is -0.481 e. The zero-order chi connectivity index (χ0) is 16.0. The maximum Gasteiger partial charge on any atom is 0.216 e. The lowest BCUT2D eigenvalue weighted by Gasteiger charge is -2.28. The smallest absolute Gasteiger partial charge is 0.216 e. The third-order valence-electron chi connectivity index (χ3n) is 4.84. The highest BCUT2D eigenvalue weighted by Gasteiger charge is 2.28. The molecule has 0 unspecified atom stereocenters. The summed E-state index contributed by atoms with van der Waals surface area (Å²) in [6.07, 6.45) is 5.55. The van der Waals surface area contributed by atoms with Crippen molar-refractivity contribution in [3.63, 3.8) is 0 Å². The van der Waals surface area contributed by atoms with Gasteiger partial charge in [-0.15, -0.1) is 0 Å². The van der Waals surface area contributed by atoms with Crippen LogP contribution in [0.5, 0.6) is 5.88 Å². The van der Waals surface area contributed by atoms with Gasteiger partial charge in [-0.05, 0) is 19.8 Å². The molecule has 0 radical (unpaired) electrons. The minimum absolute atomic E-state index is 0.626. The highest BCUT2D eigenvalue weighted by Crippen LogP contribution is 2.38. The summed E-state index contributed by atoms with van der Waals surface area (Å²) < 4.78 is 7.32. The van der Waals surface area contributed by atoms with Crippen LogP contribution in [0.3, 0.4) is 0 Å². The highest BCUT2D eigenvalue weighted by molar-refractivity contribution is 5.31. The quantitative estimate of drug-likeness (QED) is 0.864. The summed E-state index contributed by atoms with van der Waals surface area (Å²) >= 11 is 0. The number of rotatable bonds is 4. The van der Waals surface area contributed by atoms with Gasteiger partial charge in [0.05, 0.1) is 18.4 Å². The Balaban J connectivity index is 1.52. The Morgan fingerprint density at radius 1 is 1.35 bits per heavy atom. The number of fused-ring (bicyclic) bond motifs is 1. The lowest BCUT2D eigenvalue weighted by atomic mass is 10.1. The van der Waals surface area contributed by atoms with Gasteiger partial charge in [0.2, 0.25) is 5.88 Å². The Kier molecular flexibility index (Phi) is 3.56. The van der Waals surface area contributed by atoms with Crippen LogP contribution in [0.4, 0.5) is 0 Å². The molecule has 1 aliphatic carbocycles. The van der Waals surface area contributed by atoms with Crippen LogP contribution in [0.2, 0.25) is 0 Å². The molecule has 1 aliphatic heterocycles. The first-order valence-corrected chi connectivity index (χ1v) is 8.29. The molecule has 2 aliphatic rings. The average molecular weight is 313 g/mol. The van der Waals surface area contributed by atoms with E-state index in [2.05, 4.69) is 15.0 Å². The second-order valence-corrected chi connectivity index (χ2v) is 6.63. The van der Waals surface area contributed by atoms with E-state index >= 15 is 0 Å². The molecule has 1 saturated carbocycles. The molecule has 0 bridgehead atoms. The third-order valence-corrected chi connectivity index (χ3v) is 4.84. The largest absolute Gasteiger partial charge is 0.481 e. The predicted molar refractivity (Wildman–Crippen MR) is 86.3 cm³/mol. The predicted octanol–water partition coefficient (Wildman–Crippen LogP) is 1.96. The minimum atomic E-state index is 0.626. The fraction of sp³-hybridized carbons (Fsp3) is 0.588. The first-order valence-electron chi connectivity index (χ1n) is 8.29. The van der Waals surface area contributed by atoms with Crippen LogP contribution in [0, 0.1) is 6.92 Å². The van der Waals surface area contributed by atoms with E-state index in [1.165, 1.54) is 29.7 Å². The van der Waals surface area contributed by atoms with Crippen molar-refractivity contribution in [2.45, 2.75) is 45.2 Å². The number of aryl methyl sites for hydroxylation is 2. The van der Waals surface area contributed by atoms with E-state index in [4.69, 9.17) is 9.72 Å². The van der Waals surface area contributed by atoms with Crippen LogP contribution in [-0.2, 0) is 26.6 Å². The molecule has 1 fully saturated rings. The zero-order valence-corrected chi connectivity index (χ0v) is 14.0. The van der Waals surface area contributed by atoms with E-state index in [-0.39, 0.29) is 0 Å². The molecule has 6 nitrogen and oxygen atoms in total. The zero-order valence-electron chi connectivity index (χ0n) is 14.0. The molecule has 0 N–H and O–H groups in total. The van der Waals surface area contributed by atoms with Gasteiger partial charge in [0.15, 0.2) is 0 Å². The molecule has 4 rings (SSSR count). The molecular formula is C17H23N5O. The van der Waals surface area contributed by atoms with E-state index in [1.54, 1.807) is 7.11 Å². The number of hydrogen-bond donors (Lipinski definition) is 0. The number of aromatic nitrogens is 4. The van der Waals surface area contributed by atoms with Crippen molar-refractivity contribution in [1.82, 2.24) is 24.6 Å². The average Bonchev–Trinajstić information content (AvgIpc) is 3.35. The van der Waals surface area contributed by atoms with Gasteiger partial charge in [0, 0.05) is 56.5 Å². The number of nitrogens with zero attached hydrogens (tertiary/aromatic N) is 5. The van der Waals surface area contributed by atoms with Crippen molar-refractivity contribution >= 4 is 0 Å². The fourth-order valence-corrected chi connectivity index (χ4v) is 3.41. The molecule has 0 atom stereocenters. The van der Waals surface area contributed by atoms with Crippen molar-refractivity contribution < 1.29 is 4.74 Å². The van der Waals surface area contributed by atoms with E-state index in [0.717, 1.165) is 43.5 Å². The topological polar surface area (TPSA) is 56.1 Å². The number of hydrogen-bond acceptors (Lipinski definition) is 5. The van der Waals surface area contributed by atoms with Gasteiger partial charge < -0.3 is 4.74 Å². The summed E-state index contributed by atoms with van der Waals surface area (Å²) in [4.78, 5) is 11.8. The molecule has 0 aromatic carbocycles. The second-order valence-electron chi connectivity index (χ2n) is 6.63. The van der Waals surface area contributed by atoms with E-state index in [9.17, 15) is 0 Å². The summed E-state index contributed by atoms with van der Waals surface area (Å²) in [5, 5.41) is 4.47. The van der Waals surface area contributed by atoms with Crippen molar-refractivity contribution in [3.05, 3.63) is 34.5 Å². The van der Waals surface area contributed by atoms with Gasteiger partial charge in [0.25, 0.3) is 0 Å². The summed E-state index contributed by atoms with van der Waals surface area (Å²) in [6, 6.07) is 0. The third kappa shape index (κ3) is 2.72. The Labute approximate surface area is 136 Å². The SMILES string of the molecule is COc1c(CN2CCc3nc(C4CC4)ncc3C2)c(C)nn1C. The highest BCUT2D eigenvalue weighted by atomic mass is 16.5. The van der Waals surface area contributed by atoms with Crippen LogP contribution in [0.25, 0.3) is 0 Å². The maximum atomic E-state index is 5.51. The van der Waals surface area contributed by atoms with E-state index < -0.39 is 0 Å². The van der Waals surface area contributed by atoms with Crippen LogP contribution in [0.1, 0.15) is 47.1 Å². The number of methoxy groups -OCH3 is 1. The lowest BCUT2D eigenvalue weighted by molar-refractivity contribution is 0.237. The molecule has 2 aromatic rings. The summed E-state index contributed by atoms with van der Waals surface area (Å²) in [5.41, 5.74) is 4.72. The Bertz CT molecular complexity index is 735. The van der Waals surface area contributed by atoms with Gasteiger partial charge in [-0.25, -0.2) is 14.6 Å². The van der Waals surface area contributed by atoms with Crippen LogP contribution in [0.15, 0.2) is 6.20 Å². The molecule has 122 valence electrons. The normalized spacial score (nSPS) is 18.0. The van der Waals surface area contributed by atoms with Gasteiger partial charge in [-0.3, -0.25) is 4.90 Å². The van der Waals surface area contributed by atoms with Crippen LogP contribution < -0.4 is 4.74 Å². The summed E-state index contributed by atoms with van der Waals surface area (Å²) in [5.74, 6) is 2.54. The van der Waals surface area contributed by atoms with Gasteiger partial charge in [-0.1, -0.05) is 0 Å². The molecule has 3 heterocycles. The van der Waals surface area contributed by atoms with Crippen LogP contribution >= 0.6 is 0 Å². The van der Waals surface area contributed by atoms with Crippen molar-refractivity contribution in [2.75, 3.05) is 13.7 Å². The molecule has 0 saturated heterocycles. The first-order chi connectivity index (χ1) is 11.2. The van der Waals surface area contributed by atoms with Crippen molar-refractivity contribution in [1.29, 1.82) is 0 Å². The molecular weight excluding hydrogens is 290 g/mol. The maximum absolute atomic E-state index is 5.51. The van der Waals surface area contributed by atoms with Crippen molar-refractivity contribution in [2.24, 2.45) is 7.05 Å². The standard InChI is InChI=1S/C17H23N5O/c1-11-14(17(23-3)21(2)20-11)10-22-7-6-15-13(9-22)8-18-16(19-15)12-4-5-12/h8,12H,4-7,9-10H2,1-3H3.